The number of nitrogens with one attached hydrogen (secondary N) is 2. The van der Waals surface area contributed by atoms with Crippen molar-refractivity contribution >= 4 is 40.7 Å². The lowest BCUT2D eigenvalue weighted by atomic mass is 9.57. The third kappa shape index (κ3) is 4.02. The maximum Gasteiger partial charge on any atom is 0.237 e. The molecule has 170 valence electrons. The summed E-state index contributed by atoms with van der Waals surface area (Å²) < 4.78 is 0. The quantitative estimate of drug-likeness (QED) is 0.632. The van der Waals surface area contributed by atoms with Gasteiger partial charge in [0.25, 0.3) is 0 Å². The molecule has 1 heterocycles. The van der Waals surface area contributed by atoms with Gasteiger partial charge in [0.15, 0.2) is 0 Å². The number of carbonyl (C=O) groups excluding carboxylic acids is 2. The molecule has 2 amide bonds. The zero-order valence-corrected chi connectivity index (χ0v) is 20.0. The van der Waals surface area contributed by atoms with Crippen molar-refractivity contribution in [2.24, 2.45) is 0 Å². The number of anilines is 1. The molecule has 1 unspecified atom stereocenters. The van der Waals surface area contributed by atoms with E-state index in [1.54, 1.807) is 19.0 Å². The topological polar surface area (TPSA) is 61.4 Å². The Labute approximate surface area is 199 Å². The molecule has 32 heavy (non-hydrogen) atoms. The van der Waals surface area contributed by atoms with Gasteiger partial charge in [0.1, 0.15) is 0 Å². The van der Waals surface area contributed by atoms with Gasteiger partial charge < -0.3 is 15.5 Å². The fourth-order valence-corrected chi connectivity index (χ4v) is 5.81. The first-order chi connectivity index (χ1) is 15.3. The lowest BCUT2D eigenvalue weighted by molar-refractivity contribution is -0.130. The van der Waals surface area contributed by atoms with Gasteiger partial charge in [-0.25, -0.2) is 0 Å². The average molecular weight is 474 g/mol. The Morgan fingerprint density at radius 1 is 1.06 bits per heavy atom. The molecule has 7 heteroatoms. The smallest absolute Gasteiger partial charge is 0.237 e. The molecule has 4 rings (SSSR count). The molecule has 5 nitrogen and oxygen atoms in total. The van der Waals surface area contributed by atoms with Crippen LogP contribution in [0.15, 0.2) is 42.5 Å². The van der Waals surface area contributed by atoms with Gasteiger partial charge in [0.05, 0.1) is 12.0 Å². The molecule has 1 aliphatic carbocycles. The van der Waals surface area contributed by atoms with Crippen LogP contribution in [0.3, 0.4) is 0 Å². The van der Waals surface area contributed by atoms with Crippen molar-refractivity contribution in [3.8, 4) is 0 Å². The Kier molecular flexibility index (Phi) is 6.53. The predicted octanol–water partition coefficient (Wildman–Crippen LogP) is 4.81. The second-order valence-corrected chi connectivity index (χ2v) is 10.0. The number of fused-ring (bicyclic) bond motifs is 1. The second kappa shape index (κ2) is 9.05. The number of rotatable bonds is 6. The van der Waals surface area contributed by atoms with Crippen LogP contribution in [0.4, 0.5) is 5.69 Å². The molecule has 1 saturated carbocycles. The number of amides is 2. The molecular weight excluding hydrogens is 445 g/mol. The highest BCUT2D eigenvalue weighted by atomic mass is 35.5. The van der Waals surface area contributed by atoms with Crippen molar-refractivity contribution in [1.29, 1.82) is 0 Å². The van der Waals surface area contributed by atoms with Gasteiger partial charge in [-0.2, -0.15) is 0 Å². The molecule has 0 bridgehead atoms. The third-order valence-corrected chi connectivity index (χ3v) is 7.51. The zero-order chi connectivity index (χ0) is 22.9. The molecule has 2 N–H and O–H groups in total. The highest BCUT2D eigenvalue weighted by molar-refractivity contribution is 6.31. The maximum atomic E-state index is 13.9. The van der Waals surface area contributed by atoms with E-state index in [0.29, 0.717) is 16.5 Å². The summed E-state index contributed by atoms with van der Waals surface area (Å²) in [5.41, 5.74) is 1.21. The van der Waals surface area contributed by atoms with E-state index in [4.69, 9.17) is 23.2 Å². The molecule has 2 aromatic rings. The summed E-state index contributed by atoms with van der Waals surface area (Å²) in [6.45, 7) is 0.181. The van der Waals surface area contributed by atoms with E-state index in [2.05, 4.69) is 10.6 Å². The molecule has 1 aliphatic heterocycles. The van der Waals surface area contributed by atoms with Crippen LogP contribution in [0, 0.1) is 0 Å². The Hall–Kier alpha value is -2.08. The highest BCUT2D eigenvalue weighted by Crippen LogP contribution is 2.53. The number of likely N-dealkylation sites (N-methyl/N-ethyl adjacent to an activating group) is 1. The average Bonchev–Trinajstić information content (AvgIpc) is 3.04. The number of nitrogens with zero attached hydrogens (tertiary/aromatic N) is 1. The first-order valence-electron chi connectivity index (χ1n) is 11.1. The van der Waals surface area contributed by atoms with Crippen molar-refractivity contribution in [2.75, 3.05) is 26.0 Å². The Morgan fingerprint density at radius 3 is 2.47 bits per heavy atom. The standard InChI is InChI=1S/C25H29Cl2N3O2/c1-30(2)22(31)16-28-24(11-4-3-5-12-24)25(15-17-7-6-8-18(26)13-17)20-10-9-19(27)14-21(20)29-23(25)32/h6-10,13-14,28H,3-5,11-12,15-16H2,1-2H3,(H,29,32). The Balaban J connectivity index is 1.88. The first-order valence-corrected chi connectivity index (χ1v) is 11.8. The van der Waals surface area contributed by atoms with Gasteiger partial charge in [-0.05, 0) is 54.7 Å². The monoisotopic (exact) mass is 473 g/mol. The Morgan fingerprint density at radius 2 is 1.78 bits per heavy atom. The van der Waals surface area contributed by atoms with Crippen LogP contribution < -0.4 is 10.6 Å². The highest BCUT2D eigenvalue weighted by Gasteiger charge is 2.60. The van der Waals surface area contributed by atoms with Crippen molar-refractivity contribution in [3.05, 3.63) is 63.6 Å². The van der Waals surface area contributed by atoms with Crippen molar-refractivity contribution < 1.29 is 9.59 Å². The lowest BCUT2D eigenvalue weighted by Crippen LogP contribution is -2.66. The number of carbonyl (C=O) groups is 2. The first kappa shape index (κ1) is 23.1. The molecule has 0 radical (unpaired) electrons. The van der Waals surface area contributed by atoms with Gasteiger partial charge in [-0.15, -0.1) is 0 Å². The van der Waals surface area contributed by atoms with Gasteiger partial charge in [0, 0.05) is 35.4 Å². The van der Waals surface area contributed by atoms with Crippen molar-refractivity contribution in [3.63, 3.8) is 0 Å². The molecule has 0 aromatic heterocycles. The van der Waals surface area contributed by atoms with E-state index < -0.39 is 11.0 Å². The molecular formula is C25H29Cl2N3O2. The maximum absolute atomic E-state index is 13.9. The molecule has 0 spiro atoms. The van der Waals surface area contributed by atoms with Crippen LogP contribution in [-0.4, -0.2) is 42.9 Å². The summed E-state index contributed by atoms with van der Waals surface area (Å²) in [6.07, 6.45) is 5.21. The number of benzene rings is 2. The summed E-state index contributed by atoms with van der Waals surface area (Å²) >= 11 is 12.6. The van der Waals surface area contributed by atoms with E-state index >= 15 is 0 Å². The van der Waals surface area contributed by atoms with Crippen LogP contribution in [-0.2, 0) is 21.4 Å². The van der Waals surface area contributed by atoms with Crippen molar-refractivity contribution in [1.82, 2.24) is 10.2 Å². The van der Waals surface area contributed by atoms with Crippen LogP contribution >= 0.6 is 23.2 Å². The SMILES string of the molecule is CN(C)C(=O)CNC1(C2(Cc3cccc(Cl)c3)C(=O)Nc3cc(Cl)ccc32)CCCCC1. The lowest BCUT2D eigenvalue weighted by Gasteiger charge is -2.50. The molecule has 2 aliphatic rings. The van der Waals surface area contributed by atoms with Gasteiger partial charge in [0.2, 0.25) is 11.8 Å². The number of halogens is 2. The number of hydrogen-bond acceptors (Lipinski definition) is 3. The third-order valence-electron chi connectivity index (χ3n) is 7.04. The van der Waals surface area contributed by atoms with E-state index in [9.17, 15) is 9.59 Å². The van der Waals surface area contributed by atoms with E-state index in [0.717, 1.165) is 48.9 Å². The molecule has 2 aromatic carbocycles. The van der Waals surface area contributed by atoms with E-state index in [-0.39, 0.29) is 18.4 Å². The summed E-state index contributed by atoms with van der Waals surface area (Å²) in [6, 6.07) is 13.3. The van der Waals surface area contributed by atoms with Crippen molar-refractivity contribution in [2.45, 2.75) is 49.5 Å². The summed E-state index contributed by atoms with van der Waals surface area (Å²) in [5.74, 6) is -0.0657. The van der Waals surface area contributed by atoms with E-state index in [1.807, 2.05) is 42.5 Å². The minimum Gasteiger partial charge on any atom is -0.348 e. The molecule has 1 fully saturated rings. The fraction of sp³-hybridized carbons (Fsp3) is 0.440. The van der Waals surface area contributed by atoms with Crippen LogP contribution in [0.5, 0.6) is 0 Å². The fourth-order valence-electron chi connectivity index (χ4n) is 5.43. The number of hydrogen-bond donors (Lipinski definition) is 2. The van der Waals surface area contributed by atoms with Crippen LogP contribution in [0.2, 0.25) is 10.0 Å². The van der Waals surface area contributed by atoms with Gasteiger partial charge in [-0.1, -0.05) is 60.7 Å². The molecule has 0 saturated heterocycles. The van der Waals surface area contributed by atoms with Gasteiger partial charge in [-0.3, -0.25) is 9.59 Å². The van der Waals surface area contributed by atoms with E-state index in [1.165, 1.54) is 0 Å². The minimum atomic E-state index is -0.884. The largest absolute Gasteiger partial charge is 0.348 e. The second-order valence-electron chi connectivity index (χ2n) is 9.14. The van der Waals surface area contributed by atoms with Gasteiger partial charge >= 0.3 is 0 Å². The summed E-state index contributed by atoms with van der Waals surface area (Å²) in [5, 5.41) is 7.93. The van der Waals surface area contributed by atoms with Crippen LogP contribution in [0.1, 0.15) is 43.2 Å². The molecule has 1 atom stereocenters. The predicted molar refractivity (Wildman–Crippen MR) is 129 cm³/mol. The Bertz CT molecular complexity index is 1030. The minimum absolute atomic E-state index is 0.0115. The van der Waals surface area contributed by atoms with Crippen LogP contribution in [0.25, 0.3) is 0 Å². The summed E-state index contributed by atoms with van der Waals surface area (Å²) in [7, 11) is 3.50. The normalized spacial score (nSPS) is 21.7. The zero-order valence-electron chi connectivity index (χ0n) is 18.5. The summed E-state index contributed by atoms with van der Waals surface area (Å²) in [4.78, 5) is 28.0.